The number of aliphatic hydroxyl groups is 1. The number of carbonyl (C=O) groups excluding carboxylic acids is 1. The van der Waals surface area contributed by atoms with Gasteiger partial charge in [-0.05, 0) is 12.3 Å². The normalized spacial score (nSPS) is 11.1. The van der Waals surface area contributed by atoms with Gasteiger partial charge in [0, 0.05) is 13.0 Å². The Morgan fingerprint density at radius 3 is 1.73 bits per heavy atom. The molecule has 0 saturated carbocycles. The number of hydrogen-bond acceptors (Lipinski definition) is 2. The van der Waals surface area contributed by atoms with Crippen molar-refractivity contribution in [3.8, 4) is 0 Å². The average Bonchev–Trinajstić information content (AvgIpc) is 2.49. The maximum Gasteiger partial charge on any atom is 0.220 e. The van der Waals surface area contributed by atoms with Gasteiger partial charge >= 0.3 is 0 Å². The van der Waals surface area contributed by atoms with Crippen molar-refractivity contribution in [2.75, 3.05) is 13.2 Å². The molecule has 0 aliphatic carbocycles. The van der Waals surface area contributed by atoms with Crippen molar-refractivity contribution >= 4 is 5.91 Å². The van der Waals surface area contributed by atoms with E-state index in [1.54, 1.807) is 0 Å². The molecule has 0 aliphatic rings. The third-order valence-corrected chi connectivity index (χ3v) is 4.12. The molecule has 2 N–H and O–H groups in total. The predicted molar refractivity (Wildman–Crippen MR) is 95.0 cm³/mol. The molecular weight excluding hydrogens is 274 g/mol. The van der Waals surface area contributed by atoms with Gasteiger partial charge in [-0.15, -0.1) is 0 Å². The van der Waals surface area contributed by atoms with Crippen molar-refractivity contribution in [2.45, 2.75) is 97.3 Å². The van der Waals surface area contributed by atoms with Gasteiger partial charge in [0.05, 0.1) is 6.61 Å². The lowest BCUT2D eigenvalue weighted by molar-refractivity contribution is -0.121. The van der Waals surface area contributed by atoms with Gasteiger partial charge in [-0.3, -0.25) is 4.79 Å². The Hall–Kier alpha value is -0.570. The van der Waals surface area contributed by atoms with Crippen LogP contribution in [0.1, 0.15) is 97.3 Å². The highest BCUT2D eigenvalue weighted by Gasteiger charge is 1.99. The molecule has 1 amide bonds. The summed E-state index contributed by atoms with van der Waals surface area (Å²) in [6.07, 6.45) is 16.4. The highest BCUT2D eigenvalue weighted by molar-refractivity contribution is 5.75. The first-order valence-electron chi connectivity index (χ1n) is 9.54. The van der Waals surface area contributed by atoms with Gasteiger partial charge in [-0.25, -0.2) is 0 Å². The number of carbonyl (C=O) groups is 1. The summed E-state index contributed by atoms with van der Waals surface area (Å²) < 4.78 is 0. The zero-order valence-corrected chi connectivity index (χ0v) is 15.0. The number of aliphatic hydroxyl groups excluding tert-OH is 1. The van der Waals surface area contributed by atoms with Gasteiger partial charge in [-0.2, -0.15) is 0 Å². The molecule has 132 valence electrons. The van der Waals surface area contributed by atoms with E-state index in [0.717, 1.165) is 18.8 Å². The van der Waals surface area contributed by atoms with Crippen LogP contribution >= 0.6 is 0 Å². The van der Waals surface area contributed by atoms with Crippen LogP contribution in [0.2, 0.25) is 0 Å². The number of nitrogens with one attached hydrogen (secondary N) is 1. The molecule has 0 radical (unpaired) electrons. The van der Waals surface area contributed by atoms with Gasteiger partial charge in [0.25, 0.3) is 0 Å². The third kappa shape index (κ3) is 17.5. The Balaban J connectivity index is 3.07. The molecule has 0 saturated heterocycles. The van der Waals surface area contributed by atoms with Crippen LogP contribution in [0.15, 0.2) is 0 Å². The van der Waals surface area contributed by atoms with Crippen molar-refractivity contribution in [1.82, 2.24) is 5.32 Å². The lowest BCUT2D eigenvalue weighted by Gasteiger charge is -2.05. The Kier molecular flexibility index (Phi) is 16.4. The van der Waals surface area contributed by atoms with Crippen molar-refractivity contribution in [3.05, 3.63) is 0 Å². The van der Waals surface area contributed by atoms with Gasteiger partial charge in [0.2, 0.25) is 5.91 Å². The fraction of sp³-hybridized carbons (Fsp3) is 0.947. The largest absolute Gasteiger partial charge is 0.395 e. The Bertz CT molecular complexity index is 242. The summed E-state index contributed by atoms with van der Waals surface area (Å²) in [7, 11) is 0. The van der Waals surface area contributed by atoms with E-state index < -0.39 is 0 Å². The van der Waals surface area contributed by atoms with E-state index in [1.807, 2.05) is 0 Å². The summed E-state index contributed by atoms with van der Waals surface area (Å²) in [6.45, 7) is 5.03. The molecule has 0 aliphatic heterocycles. The number of unbranched alkanes of at least 4 members (excludes halogenated alkanes) is 10. The minimum Gasteiger partial charge on any atom is -0.395 e. The molecule has 0 fully saturated rings. The fourth-order valence-electron chi connectivity index (χ4n) is 2.71. The smallest absolute Gasteiger partial charge is 0.220 e. The van der Waals surface area contributed by atoms with Crippen molar-refractivity contribution < 1.29 is 9.90 Å². The predicted octanol–water partition coefficient (Wildman–Crippen LogP) is 4.82. The van der Waals surface area contributed by atoms with Crippen LogP contribution < -0.4 is 5.32 Å². The second-order valence-corrected chi connectivity index (χ2v) is 6.90. The van der Waals surface area contributed by atoms with E-state index in [9.17, 15) is 4.79 Å². The molecule has 0 unspecified atom stereocenters. The number of hydrogen-bond donors (Lipinski definition) is 2. The van der Waals surface area contributed by atoms with Crippen LogP contribution in [0.5, 0.6) is 0 Å². The molecule has 0 aromatic carbocycles. The van der Waals surface area contributed by atoms with Crippen LogP contribution in [-0.2, 0) is 4.79 Å². The molecule has 0 spiro atoms. The van der Waals surface area contributed by atoms with Gasteiger partial charge in [-0.1, -0.05) is 84.5 Å². The maximum atomic E-state index is 11.3. The summed E-state index contributed by atoms with van der Waals surface area (Å²) in [5, 5.41) is 11.3. The van der Waals surface area contributed by atoms with E-state index in [4.69, 9.17) is 5.11 Å². The second-order valence-electron chi connectivity index (χ2n) is 6.90. The summed E-state index contributed by atoms with van der Waals surface area (Å²) in [5.74, 6) is 0.937. The third-order valence-electron chi connectivity index (χ3n) is 4.12. The molecule has 0 atom stereocenters. The van der Waals surface area contributed by atoms with E-state index >= 15 is 0 Å². The number of amides is 1. The Morgan fingerprint density at radius 1 is 0.818 bits per heavy atom. The zero-order chi connectivity index (χ0) is 16.5. The SMILES string of the molecule is CC(C)CCCCCCCCCCCCCC(=O)NCCO. The van der Waals surface area contributed by atoms with Crippen LogP contribution in [0.3, 0.4) is 0 Å². The average molecular weight is 314 g/mol. The Labute approximate surface area is 138 Å². The summed E-state index contributed by atoms with van der Waals surface area (Å²) >= 11 is 0. The second kappa shape index (κ2) is 16.8. The van der Waals surface area contributed by atoms with E-state index in [0.29, 0.717) is 13.0 Å². The molecule has 3 nitrogen and oxygen atoms in total. The van der Waals surface area contributed by atoms with Crippen LogP contribution in [0, 0.1) is 5.92 Å². The molecule has 0 heterocycles. The standard InChI is InChI=1S/C19H39NO2/c1-18(2)14-12-10-8-6-4-3-5-7-9-11-13-15-19(22)20-16-17-21/h18,21H,3-17H2,1-2H3,(H,20,22). The minimum atomic E-state index is 0.0312. The van der Waals surface area contributed by atoms with Gasteiger partial charge in [0.1, 0.15) is 0 Å². The van der Waals surface area contributed by atoms with E-state index in [-0.39, 0.29) is 12.5 Å². The van der Waals surface area contributed by atoms with Crippen molar-refractivity contribution in [2.24, 2.45) is 5.92 Å². The zero-order valence-electron chi connectivity index (χ0n) is 15.0. The topological polar surface area (TPSA) is 49.3 Å². The van der Waals surface area contributed by atoms with Gasteiger partial charge < -0.3 is 10.4 Å². The molecule has 3 heteroatoms. The first kappa shape index (κ1) is 21.4. The molecule has 0 bridgehead atoms. The molecule has 0 rings (SSSR count). The molecule has 22 heavy (non-hydrogen) atoms. The molecular formula is C19H39NO2. The van der Waals surface area contributed by atoms with Gasteiger partial charge in [0.15, 0.2) is 0 Å². The number of rotatable bonds is 16. The first-order valence-corrected chi connectivity index (χ1v) is 9.54. The quantitative estimate of drug-likeness (QED) is 0.401. The van der Waals surface area contributed by atoms with Crippen LogP contribution in [0.25, 0.3) is 0 Å². The maximum absolute atomic E-state index is 11.3. The van der Waals surface area contributed by atoms with E-state index in [2.05, 4.69) is 19.2 Å². The Morgan fingerprint density at radius 2 is 1.27 bits per heavy atom. The first-order chi connectivity index (χ1) is 10.7. The minimum absolute atomic E-state index is 0.0312. The molecule has 0 aromatic rings. The lowest BCUT2D eigenvalue weighted by Crippen LogP contribution is -2.25. The van der Waals surface area contributed by atoms with Crippen molar-refractivity contribution in [1.29, 1.82) is 0 Å². The summed E-state index contributed by atoms with van der Waals surface area (Å²) in [6, 6.07) is 0. The van der Waals surface area contributed by atoms with E-state index in [1.165, 1.54) is 64.2 Å². The highest BCUT2D eigenvalue weighted by atomic mass is 16.3. The molecule has 0 aromatic heterocycles. The highest BCUT2D eigenvalue weighted by Crippen LogP contribution is 2.14. The lowest BCUT2D eigenvalue weighted by atomic mass is 10.0. The fourth-order valence-corrected chi connectivity index (χ4v) is 2.71. The van der Waals surface area contributed by atoms with Crippen LogP contribution in [0.4, 0.5) is 0 Å². The van der Waals surface area contributed by atoms with Crippen molar-refractivity contribution in [3.63, 3.8) is 0 Å². The summed E-state index contributed by atoms with van der Waals surface area (Å²) in [4.78, 5) is 11.3. The summed E-state index contributed by atoms with van der Waals surface area (Å²) in [5.41, 5.74) is 0. The monoisotopic (exact) mass is 313 g/mol. The van der Waals surface area contributed by atoms with Crippen LogP contribution in [-0.4, -0.2) is 24.2 Å².